The number of hydrogen-bond donors (Lipinski definition) is 0. The first kappa shape index (κ1) is 18.2. The third-order valence-electron chi connectivity index (χ3n) is 5.47. The van der Waals surface area contributed by atoms with Crippen molar-refractivity contribution in [3.05, 3.63) is 35.4 Å². The molecule has 1 spiro atoms. The quantitative estimate of drug-likeness (QED) is 0.713. The van der Waals surface area contributed by atoms with Crippen molar-refractivity contribution < 1.29 is 8.78 Å². The number of likely N-dealkylation sites (tertiary alicyclic amines) is 2. The van der Waals surface area contributed by atoms with E-state index in [4.69, 9.17) is 0 Å². The second-order valence-corrected chi connectivity index (χ2v) is 8.42. The van der Waals surface area contributed by atoms with Crippen LogP contribution in [0.5, 0.6) is 0 Å². The molecule has 24 heavy (non-hydrogen) atoms. The van der Waals surface area contributed by atoms with Gasteiger partial charge >= 0.3 is 0 Å². The van der Waals surface area contributed by atoms with Crippen molar-refractivity contribution in [2.45, 2.75) is 32.2 Å². The third kappa shape index (κ3) is 4.50. The van der Waals surface area contributed by atoms with Crippen LogP contribution in [0.15, 0.2) is 18.2 Å². The Labute approximate surface area is 148 Å². The smallest absolute Gasteiger partial charge is 0.159 e. The van der Waals surface area contributed by atoms with Crippen LogP contribution in [0.25, 0.3) is 0 Å². The molecule has 2 fully saturated rings. The lowest BCUT2D eigenvalue weighted by atomic mass is 9.79. The molecule has 2 saturated heterocycles. The summed E-state index contributed by atoms with van der Waals surface area (Å²) in [6.07, 6.45) is 7.24. The van der Waals surface area contributed by atoms with Crippen LogP contribution in [-0.2, 0) is 6.54 Å². The fourth-order valence-electron chi connectivity index (χ4n) is 4.33. The van der Waals surface area contributed by atoms with Gasteiger partial charge in [-0.05, 0) is 80.4 Å². The minimum atomic E-state index is -0.759. The van der Waals surface area contributed by atoms with Crippen LogP contribution in [0.4, 0.5) is 8.78 Å². The Kier molecular flexibility index (Phi) is 6.17. The molecule has 134 valence electrons. The number of piperidine rings is 1. The van der Waals surface area contributed by atoms with Gasteiger partial charge in [-0.25, -0.2) is 8.78 Å². The minimum absolute atomic E-state index is 0.413. The van der Waals surface area contributed by atoms with Gasteiger partial charge in [-0.15, -0.1) is 0 Å². The minimum Gasteiger partial charge on any atom is -0.303 e. The van der Waals surface area contributed by atoms with Crippen molar-refractivity contribution in [3.8, 4) is 0 Å². The molecule has 0 saturated carbocycles. The Morgan fingerprint density at radius 1 is 1.08 bits per heavy atom. The lowest BCUT2D eigenvalue weighted by molar-refractivity contribution is 0.0874. The monoisotopic (exact) mass is 354 g/mol. The van der Waals surface area contributed by atoms with E-state index in [1.54, 1.807) is 6.07 Å². The Bertz CT molecular complexity index is 554. The van der Waals surface area contributed by atoms with Crippen LogP contribution in [0.3, 0.4) is 0 Å². The molecule has 5 heteroatoms. The number of rotatable bonds is 6. The summed E-state index contributed by atoms with van der Waals surface area (Å²) in [5.74, 6) is -0.253. The van der Waals surface area contributed by atoms with Gasteiger partial charge in [0.1, 0.15) is 0 Å². The molecule has 3 rings (SSSR count). The van der Waals surface area contributed by atoms with Gasteiger partial charge in [-0.1, -0.05) is 6.07 Å². The highest BCUT2D eigenvalue weighted by molar-refractivity contribution is 7.98. The van der Waals surface area contributed by atoms with Gasteiger partial charge in [-0.2, -0.15) is 11.8 Å². The number of benzene rings is 1. The number of thioether (sulfide) groups is 1. The molecule has 2 heterocycles. The molecule has 0 N–H and O–H groups in total. The Morgan fingerprint density at radius 3 is 2.71 bits per heavy atom. The molecule has 0 aliphatic carbocycles. The van der Waals surface area contributed by atoms with Crippen LogP contribution < -0.4 is 0 Å². The molecule has 2 aliphatic rings. The molecule has 2 nitrogen and oxygen atoms in total. The zero-order chi connectivity index (χ0) is 17.0. The van der Waals surface area contributed by atoms with E-state index in [1.165, 1.54) is 63.2 Å². The van der Waals surface area contributed by atoms with E-state index in [-0.39, 0.29) is 0 Å². The van der Waals surface area contributed by atoms with Crippen molar-refractivity contribution in [1.82, 2.24) is 9.80 Å². The first-order chi connectivity index (χ1) is 11.6. The second kappa shape index (κ2) is 8.15. The third-order valence-corrected chi connectivity index (χ3v) is 6.17. The first-order valence-corrected chi connectivity index (χ1v) is 10.4. The average molecular weight is 355 g/mol. The number of halogens is 2. The maximum atomic E-state index is 13.4. The van der Waals surface area contributed by atoms with Crippen molar-refractivity contribution in [1.29, 1.82) is 0 Å². The summed E-state index contributed by atoms with van der Waals surface area (Å²) in [7, 11) is 0. The van der Waals surface area contributed by atoms with Gasteiger partial charge in [0.25, 0.3) is 0 Å². The van der Waals surface area contributed by atoms with Gasteiger partial charge in [-0.3, -0.25) is 4.90 Å². The van der Waals surface area contributed by atoms with Crippen molar-refractivity contribution in [2.24, 2.45) is 5.41 Å². The summed E-state index contributed by atoms with van der Waals surface area (Å²) < 4.78 is 26.5. The van der Waals surface area contributed by atoms with Crippen LogP contribution in [0.1, 0.15) is 31.2 Å². The normalized spacial score (nSPS) is 25.6. The van der Waals surface area contributed by atoms with Crippen LogP contribution >= 0.6 is 11.8 Å². The summed E-state index contributed by atoms with van der Waals surface area (Å²) in [5.41, 5.74) is 1.29. The van der Waals surface area contributed by atoms with E-state index in [0.29, 0.717) is 5.41 Å². The maximum Gasteiger partial charge on any atom is 0.159 e. The SMILES string of the molecule is CSCCCN1CCC2(CCCN(Cc3ccc(F)c(F)c3)C2)C1. The Morgan fingerprint density at radius 2 is 1.92 bits per heavy atom. The topological polar surface area (TPSA) is 6.48 Å². The first-order valence-electron chi connectivity index (χ1n) is 8.98. The highest BCUT2D eigenvalue weighted by atomic mass is 32.2. The zero-order valence-corrected chi connectivity index (χ0v) is 15.4. The molecule has 0 aromatic heterocycles. The van der Waals surface area contributed by atoms with E-state index in [2.05, 4.69) is 16.1 Å². The van der Waals surface area contributed by atoms with Gasteiger partial charge in [0.05, 0.1) is 0 Å². The lowest BCUT2D eigenvalue weighted by Gasteiger charge is -2.40. The molecule has 1 aromatic carbocycles. The number of nitrogens with zero attached hydrogens (tertiary/aromatic N) is 2. The Hall–Kier alpha value is -0.650. The second-order valence-electron chi connectivity index (χ2n) is 7.44. The molecular weight excluding hydrogens is 326 g/mol. The summed E-state index contributed by atoms with van der Waals surface area (Å²) in [6.45, 7) is 6.51. The number of hydrogen-bond acceptors (Lipinski definition) is 3. The molecular formula is C19H28F2N2S. The largest absolute Gasteiger partial charge is 0.303 e. The van der Waals surface area contributed by atoms with Gasteiger partial charge in [0.15, 0.2) is 11.6 Å². The van der Waals surface area contributed by atoms with Gasteiger partial charge in [0, 0.05) is 19.6 Å². The average Bonchev–Trinajstić information content (AvgIpc) is 2.94. The highest BCUT2D eigenvalue weighted by Crippen LogP contribution is 2.39. The van der Waals surface area contributed by atoms with Crippen molar-refractivity contribution in [2.75, 3.05) is 44.7 Å². The fourth-order valence-corrected chi connectivity index (χ4v) is 4.74. The van der Waals surface area contributed by atoms with E-state index < -0.39 is 11.6 Å². The Balaban J connectivity index is 1.55. The van der Waals surface area contributed by atoms with E-state index in [0.717, 1.165) is 25.2 Å². The fraction of sp³-hybridized carbons (Fsp3) is 0.684. The molecule has 2 aliphatic heterocycles. The van der Waals surface area contributed by atoms with E-state index in [1.807, 2.05) is 11.8 Å². The summed E-state index contributed by atoms with van der Waals surface area (Å²) >= 11 is 1.92. The van der Waals surface area contributed by atoms with Crippen molar-refractivity contribution in [3.63, 3.8) is 0 Å². The summed E-state index contributed by atoms with van der Waals surface area (Å²) in [6, 6.07) is 4.30. The van der Waals surface area contributed by atoms with Crippen LogP contribution in [0, 0.1) is 17.0 Å². The molecule has 1 atom stereocenters. The molecule has 0 bridgehead atoms. The molecule has 0 amide bonds. The van der Waals surface area contributed by atoms with E-state index in [9.17, 15) is 8.78 Å². The predicted molar refractivity (Wildman–Crippen MR) is 97.4 cm³/mol. The predicted octanol–water partition coefficient (Wildman–Crippen LogP) is 4.01. The maximum absolute atomic E-state index is 13.4. The zero-order valence-electron chi connectivity index (χ0n) is 14.6. The molecule has 1 unspecified atom stereocenters. The summed E-state index contributed by atoms with van der Waals surface area (Å²) in [5, 5.41) is 0. The highest BCUT2D eigenvalue weighted by Gasteiger charge is 2.40. The van der Waals surface area contributed by atoms with Crippen LogP contribution in [-0.4, -0.2) is 54.5 Å². The van der Waals surface area contributed by atoms with Crippen molar-refractivity contribution >= 4 is 11.8 Å². The molecule has 1 aromatic rings. The van der Waals surface area contributed by atoms with Crippen LogP contribution in [0.2, 0.25) is 0 Å². The lowest BCUT2D eigenvalue weighted by Crippen LogP contribution is -2.44. The summed E-state index contributed by atoms with van der Waals surface area (Å²) in [4.78, 5) is 5.05. The van der Waals surface area contributed by atoms with Gasteiger partial charge < -0.3 is 4.90 Å². The standard InChI is InChI=1S/C19H28F2N2S/c1-24-11-3-9-22-10-7-19(14-22)6-2-8-23(15-19)13-16-4-5-17(20)18(21)12-16/h4-5,12H,2-3,6-11,13-15H2,1H3. The molecule has 0 radical (unpaired) electrons. The van der Waals surface area contributed by atoms with Gasteiger partial charge in [0.2, 0.25) is 0 Å². The van der Waals surface area contributed by atoms with E-state index >= 15 is 0 Å².